The smallest absolute Gasteiger partial charge is 0.242 e. The summed E-state index contributed by atoms with van der Waals surface area (Å²) >= 11 is 1.26. The number of nitrogens with one attached hydrogen (secondary N) is 2. The standard InChI is InChI=1S/C9H12N4O3S2/c1-6-8(2-7(4-14)17-6)18(15,16)12-3-9-10-5-11-13-9/h2,5,12,14H,3-4H2,1H3,(H,10,11,13). The number of hydrogen-bond acceptors (Lipinski definition) is 6. The largest absolute Gasteiger partial charge is 0.391 e. The van der Waals surface area contributed by atoms with E-state index in [2.05, 4.69) is 19.9 Å². The van der Waals surface area contributed by atoms with Crippen LogP contribution in [0.1, 0.15) is 15.6 Å². The number of thiophene rings is 1. The number of aliphatic hydroxyl groups is 1. The zero-order valence-electron chi connectivity index (χ0n) is 9.54. The molecule has 0 radical (unpaired) electrons. The molecule has 0 fully saturated rings. The van der Waals surface area contributed by atoms with E-state index in [-0.39, 0.29) is 18.0 Å². The van der Waals surface area contributed by atoms with Crippen molar-refractivity contribution in [3.63, 3.8) is 0 Å². The first kappa shape index (κ1) is 13.1. The molecule has 0 aromatic carbocycles. The Bertz CT molecular complexity index is 618. The number of sulfonamides is 1. The van der Waals surface area contributed by atoms with Crippen LogP contribution in [-0.2, 0) is 23.2 Å². The zero-order chi connectivity index (χ0) is 13.2. The Morgan fingerprint density at radius 2 is 2.33 bits per heavy atom. The van der Waals surface area contributed by atoms with Crippen LogP contribution in [0.5, 0.6) is 0 Å². The predicted molar refractivity (Wildman–Crippen MR) is 65.4 cm³/mol. The summed E-state index contributed by atoms with van der Waals surface area (Å²) in [4.78, 5) is 5.28. The Labute approximate surface area is 108 Å². The molecule has 0 saturated carbocycles. The van der Waals surface area contributed by atoms with E-state index >= 15 is 0 Å². The van der Waals surface area contributed by atoms with Crippen LogP contribution in [0.3, 0.4) is 0 Å². The van der Waals surface area contributed by atoms with Gasteiger partial charge in [0, 0.05) is 9.75 Å². The lowest BCUT2D eigenvalue weighted by molar-refractivity contribution is 0.285. The van der Waals surface area contributed by atoms with E-state index in [4.69, 9.17) is 5.11 Å². The molecule has 3 N–H and O–H groups in total. The van der Waals surface area contributed by atoms with Gasteiger partial charge in [0.15, 0.2) is 0 Å². The highest BCUT2D eigenvalue weighted by Crippen LogP contribution is 2.25. The first-order valence-electron chi connectivity index (χ1n) is 5.07. The summed E-state index contributed by atoms with van der Waals surface area (Å²) in [5.41, 5.74) is 0. The SMILES string of the molecule is Cc1sc(CO)cc1S(=O)(=O)NCc1ncn[nH]1. The second kappa shape index (κ2) is 5.14. The number of aryl methyl sites for hydroxylation is 1. The number of hydrogen-bond donors (Lipinski definition) is 3. The molecule has 2 aromatic heterocycles. The van der Waals surface area contributed by atoms with Crippen molar-refractivity contribution in [2.45, 2.75) is 25.0 Å². The Hall–Kier alpha value is -1.29. The Balaban J connectivity index is 2.17. The van der Waals surface area contributed by atoms with Gasteiger partial charge in [-0.3, -0.25) is 5.10 Å². The molecule has 0 aliphatic heterocycles. The number of nitrogens with zero attached hydrogens (tertiary/aromatic N) is 2. The van der Waals surface area contributed by atoms with Crippen LogP contribution in [-0.4, -0.2) is 28.7 Å². The van der Waals surface area contributed by atoms with Crippen molar-refractivity contribution in [3.8, 4) is 0 Å². The van der Waals surface area contributed by atoms with Crippen molar-refractivity contribution < 1.29 is 13.5 Å². The lowest BCUT2D eigenvalue weighted by atomic mass is 10.4. The van der Waals surface area contributed by atoms with Crippen molar-refractivity contribution in [1.29, 1.82) is 0 Å². The van der Waals surface area contributed by atoms with Crippen LogP contribution in [0.4, 0.5) is 0 Å². The molecule has 0 aliphatic rings. The van der Waals surface area contributed by atoms with Gasteiger partial charge in [-0.05, 0) is 13.0 Å². The quantitative estimate of drug-likeness (QED) is 0.725. The molecule has 0 aliphatic carbocycles. The summed E-state index contributed by atoms with van der Waals surface area (Å²) in [6.45, 7) is 1.59. The van der Waals surface area contributed by atoms with Crippen LogP contribution in [0.2, 0.25) is 0 Å². The van der Waals surface area contributed by atoms with Crippen LogP contribution in [0.15, 0.2) is 17.3 Å². The third-order valence-corrected chi connectivity index (χ3v) is 4.96. The summed E-state index contributed by atoms with van der Waals surface area (Å²) < 4.78 is 26.5. The summed E-state index contributed by atoms with van der Waals surface area (Å²) in [6, 6.07) is 1.47. The molecule has 0 spiro atoms. The summed E-state index contributed by atoms with van der Waals surface area (Å²) in [6.07, 6.45) is 1.31. The lowest BCUT2D eigenvalue weighted by Gasteiger charge is -2.03. The maximum atomic E-state index is 12.0. The molecular formula is C9H12N4O3S2. The van der Waals surface area contributed by atoms with Crippen molar-refractivity contribution >= 4 is 21.4 Å². The van der Waals surface area contributed by atoms with Gasteiger partial charge >= 0.3 is 0 Å². The van der Waals surface area contributed by atoms with Gasteiger partial charge in [0.05, 0.1) is 18.0 Å². The molecule has 2 heterocycles. The highest BCUT2D eigenvalue weighted by Gasteiger charge is 2.19. The van der Waals surface area contributed by atoms with Crippen LogP contribution < -0.4 is 4.72 Å². The van der Waals surface area contributed by atoms with Crippen molar-refractivity contribution in [2.24, 2.45) is 0 Å². The third-order valence-electron chi connectivity index (χ3n) is 2.26. The summed E-state index contributed by atoms with van der Waals surface area (Å²) in [7, 11) is -3.59. The summed E-state index contributed by atoms with van der Waals surface area (Å²) in [5.74, 6) is 0.439. The van der Waals surface area contributed by atoms with Gasteiger partial charge in [0.25, 0.3) is 0 Å². The molecule has 18 heavy (non-hydrogen) atoms. The number of aromatic nitrogens is 3. The normalized spacial score (nSPS) is 11.9. The first-order chi connectivity index (χ1) is 8.53. The number of H-pyrrole nitrogens is 1. The average molecular weight is 288 g/mol. The van der Waals surface area contributed by atoms with Gasteiger partial charge < -0.3 is 5.11 Å². The average Bonchev–Trinajstić information content (AvgIpc) is 2.95. The highest BCUT2D eigenvalue weighted by atomic mass is 32.2. The van der Waals surface area contributed by atoms with E-state index in [0.29, 0.717) is 15.6 Å². The van der Waals surface area contributed by atoms with E-state index < -0.39 is 10.0 Å². The minimum atomic E-state index is -3.59. The fourth-order valence-corrected chi connectivity index (χ4v) is 3.91. The van der Waals surface area contributed by atoms with Crippen molar-refractivity contribution in [2.75, 3.05) is 0 Å². The molecule has 0 saturated heterocycles. The van der Waals surface area contributed by atoms with Crippen LogP contribution in [0, 0.1) is 6.92 Å². The Morgan fingerprint density at radius 3 is 2.89 bits per heavy atom. The second-order valence-corrected chi connectivity index (χ2v) is 6.62. The maximum Gasteiger partial charge on any atom is 0.242 e. The van der Waals surface area contributed by atoms with Crippen molar-refractivity contribution in [1.82, 2.24) is 19.9 Å². The van der Waals surface area contributed by atoms with E-state index in [1.807, 2.05) is 0 Å². The molecule has 0 atom stereocenters. The van der Waals surface area contributed by atoms with Gasteiger partial charge in [-0.2, -0.15) is 5.10 Å². The predicted octanol–water partition coefficient (Wildman–Crippen LogP) is 0.145. The molecule has 0 bridgehead atoms. The van der Waals surface area contributed by atoms with Crippen molar-refractivity contribution in [3.05, 3.63) is 28.0 Å². The molecule has 9 heteroatoms. The lowest BCUT2D eigenvalue weighted by Crippen LogP contribution is -2.24. The first-order valence-corrected chi connectivity index (χ1v) is 7.37. The van der Waals surface area contributed by atoms with E-state index in [1.165, 1.54) is 23.7 Å². The van der Waals surface area contributed by atoms with Crippen LogP contribution in [0.25, 0.3) is 0 Å². The molecule has 7 nitrogen and oxygen atoms in total. The monoisotopic (exact) mass is 288 g/mol. The summed E-state index contributed by atoms with van der Waals surface area (Å²) in [5, 5.41) is 15.2. The van der Waals surface area contributed by atoms with Gasteiger partial charge in [0.2, 0.25) is 10.0 Å². The topological polar surface area (TPSA) is 108 Å². The zero-order valence-corrected chi connectivity index (χ0v) is 11.2. The Morgan fingerprint density at radius 1 is 1.56 bits per heavy atom. The van der Waals surface area contributed by atoms with Gasteiger partial charge in [-0.25, -0.2) is 18.1 Å². The van der Waals surface area contributed by atoms with E-state index in [9.17, 15) is 8.42 Å². The van der Waals surface area contributed by atoms with Gasteiger partial charge in [-0.15, -0.1) is 11.3 Å². The fourth-order valence-electron chi connectivity index (χ4n) is 1.43. The van der Waals surface area contributed by atoms with E-state index in [1.54, 1.807) is 6.92 Å². The minimum absolute atomic E-state index is 0.0477. The van der Waals surface area contributed by atoms with Crippen LogP contribution >= 0.6 is 11.3 Å². The molecule has 0 unspecified atom stereocenters. The van der Waals surface area contributed by atoms with Gasteiger partial charge in [-0.1, -0.05) is 0 Å². The molecule has 98 valence electrons. The Kier molecular flexibility index (Phi) is 3.76. The molecule has 2 rings (SSSR count). The fraction of sp³-hybridized carbons (Fsp3) is 0.333. The maximum absolute atomic E-state index is 12.0. The van der Waals surface area contributed by atoms with E-state index in [0.717, 1.165) is 0 Å². The molecule has 2 aromatic rings. The molecule has 0 amide bonds. The minimum Gasteiger partial charge on any atom is -0.391 e. The number of aliphatic hydroxyl groups excluding tert-OH is 1. The number of aromatic amines is 1. The molecular weight excluding hydrogens is 276 g/mol. The van der Waals surface area contributed by atoms with Gasteiger partial charge in [0.1, 0.15) is 12.2 Å². The third kappa shape index (κ3) is 2.75. The highest BCUT2D eigenvalue weighted by molar-refractivity contribution is 7.89. The number of rotatable bonds is 5. The second-order valence-electron chi connectivity index (χ2n) is 3.55.